The Kier molecular flexibility index (Phi) is 3.50. The van der Waals surface area contributed by atoms with Crippen LogP contribution in [0.5, 0.6) is 5.75 Å². The standard InChI is InChI=1S/C11H15NO/c1-9(2)4-5-10-6-7-11(13-3)8-12-10/h4-9H,1-3H3/b5-4+. The molecule has 13 heavy (non-hydrogen) atoms. The number of rotatable bonds is 3. The summed E-state index contributed by atoms with van der Waals surface area (Å²) >= 11 is 0. The van der Waals surface area contributed by atoms with Crippen LogP contribution >= 0.6 is 0 Å². The summed E-state index contributed by atoms with van der Waals surface area (Å²) in [5.74, 6) is 1.35. The predicted octanol–water partition coefficient (Wildman–Crippen LogP) is 2.76. The smallest absolute Gasteiger partial charge is 0.137 e. The van der Waals surface area contributed by atoms with Gasteiger partial charge in [0.15, 0.2) is 0 Å². The fourth-order valence-corrected chi connectivity index (χ4v) is 0.902. The van der Waals surface area contributed by atoms with E-state index in [1.807, 2.05) is 18.2 Å². The summed E-state index contributed by atoms with van der Waals surface area (Å²) in [6.45, 7) is 4.28. The molecule has 1 heterocycles. The van der Waals surface area contributed by atoms with Gasteiger partial charge in [0, 0.05) is 0 Å². The summed E-state index contributed by atoms with van der Waals surface area (Å²) < 4.78 is 5.01. The Labute approximate surface area is 79.3 Å². The maximum absolute atomic E-state index is 5.01. The molecule has 0 aliphatic heterocycles. The van der Waals surface area contributed by atoms with Gasteiger partial charge in [0.05, 0.1) is 19.0 Å². The lowest BCUT2D eigenvalue weighted by atomic mass is 10.2. The van der Waals surface area contributed by atoms with Crippen LogP contribution in [-0.4, -0.2) is 12.1 Å². The molecule has 0 aliphatic carbocycles. The van der Waals surface area contributed by atoms with Crippen molar-refractivity contribution in [1.82, 2.24) is 4.98 Å². The van der Waals surface area contributed by atoms with Crippen molar-refractivity contribution in [3.8, 4) is 5.75 Å². The van der Waals surface area contributed by atoms with Crippen molar-refractivity contribution in [2.24, 2.45) is 5.92 Å². The minimum atomic E-state index is 0.559. The van der Waals surface area contributed by atoms with Gasteiger partial charge in [0.1, 0.15) is 5.75 Å². The second-order valence-electron chi connectivity index (χ2n) is 3.23. The maximum atomic E-state index is 5.01. The number of pyridine rings is 1. The molecular weight excluding hydrogens is 162 g/mol. The fraction of sp³-hybridized carbons (Fsp3) is 0.364. The Balaban J connectivity index is 2.69. The predicted molar refractivity (Wildman–Crippen MR) is 54.7 cm³/mol. The molecular formula is C11H15NO. The van der Waals surface area contributed by atoms with Crippen LogP contribution in [0.15, 0.2) is 24.4 Å². The topological polar surface area (TPSA) is 22.1 Å². The number of methoxy groups -OCH3 is 1. The molecule has 0 unspecified atom stereocenters. The summed E-state index contributed by atoms with van der Waals surface area (Å²) in [6.07, 6.45) is 5.86. The molecule has 0 N–H and O–H groups in total. The third-order valence-electron chi connectivity index (χ3n) is 1.65. The summed E-state index contributed by atoms with van der Waals surface area (Å²) in [7, 11) is 1.64. The van der Waals surface area contributed by atoms with E-state index < -0.39 is 0 Å². The molecule has 0 aromatic carbocycles. The molecule has 0 aliphatic rings. The van der Waals surface area contributed by atoms with Crippen LogP contribution in [0.1, 0.15) is 19.5 Å². The van der Waals surface area contributed by atoms with Gasteiger partial charge in [0.25, 0.3) is 0 Å². The number of hydrogen-bond acceptors (Lipinski definition) is 2. The van der Waals surface area contributed by atoms with Gasteiger partial charge >= 0.3 is 0 Å². The molecule has 1 aromatic rings. The Hall–Kier alpha value is -1.31. The highest BCUT2D eigenvalue weighted by atomic mass is 16.5. The normalized spacial score (nSPS) is 11.1. The second kappa shape index (κ2) is 4.65. The monoisotopic (exact) mass is 177 g/mol. The SMILES string of the molecule is COc1ccc(/C=C/C(C)C)nc1. The zero-order valence-electron chi connectivity index (χ0n) is 8.32. The highest BCUT2D eigenvalue weighted by Gasteiger charge is 1.91. The van der Waals surface area contributed by atoms with Crippen LogP contribution in [-0.2, 0) is 0 Å². The van der Waals surface area contributed by atoms with E-state index in [-0.39, 0.29) is 0 Å². The average Bonchev–Trinajstić information content (AvgIpc) is 2.15. The van der Waals surface area contributed by atoms with Gasteiger partial charge in [-0.15, -0.1) is 0 Å². The van der Waals surface area contributed by atoms with E-state index >= 15 is 0 Å². The first kappa shape index (κ1) is 9.78. The number of ether oxygens (including phenoxy) is 1. The van der Waals surface area contributed by atoms with Crippen LogP contribution in [0, 0.1) is 5.92 Å². The van der Waals surface area contributed by atoms with Gasteiger partial charge < -0.3 is 4.74 Å². The van der Waals surface area contributed by atoms with Crippen molar-refractivity contribution in [2.75, 3.05) is 7.11 Å². The van der Waals surface area contributed by atoms with Crippen LogP contribution in [0.25, 0.3) is 6.08 Å². The van der Waals surface area contributed by atoms with Crippen LogP contribution in [0.2, 0.25) is 0 Å². The van der Waals surface area contributed by atoms with Gasteiger partial charge in [-0.05, 0) is 24.1 Å². The van der Waals surface area contributed by atoms with E-state index in [4.69, 9.17) is 4.74 Å². The zero-order chi connectivity index (χ0) is 9.68. The van der Waals surface area contributed by atoms with Crippen LogP contribution in [0.4, 0.5) is 0 Å². The highest BCUT2D eigenvalue weighted by Crippen LogP contribution is 2.09. The van der Waals surface area contributed by atoms with E-state index in [0.717, 1.165) is 11.4 Å². The third kappa shape index (κ3) is 3.28. The lowest BCUT2D eigenvalue weighted by molar-refractivity contribution is 0.413. The number of nitrogens with zero attached hydrogens (tertiary/aromatic N) is 1. The molecule has 1 aromatic heterocycles. The molecule has 1 rings (SSSR count). The van der Waals surface area contributed by atoms with Crippen molar-refractivity contribution in [3.63, 3.8) is 0 Å². The average molecular weight is 177 g/mol. The Morgan fingerprint density at radius 3 is 2.62 bits per heavy atom. The van der Waals surface area contributed by atoms with Crippen LogP contribution < -0.4 is 4.74 Å². The van der Waals surface area contributed by atoms with E-state index in [1.165, 1.54) is 0 Å². The third-order valence-corrected chi connectivity index (χ3v) is 1.65. The highest BCUT2D eigenvalue weighted by molar-refractivity contribution is 5.45. The molecule has 0 saturated heterocycles. The van der Waals surface area contributed by atoms with E-state index in [1.54, 1.807) is 13.3 Å². The van der Waals surface area contributed by atoms with Gasteiger partial charge in [0.2, 0.25) is 0 Å². The van der Waals surface area contributed by atoms with Gasteiger partial charge in [-0.1, -0.05) is 19.9 Å². The first-order valence-electron chi connectivity index (χ1n) is 4.40. The first-order chi connectivity index (χ1) is 6.22. The molecule has 0 atom stereocenters. The number of aromatic nitrogens is 1. The Morgan fingerprint density at radius 2 is 2.15 bits per heavy atom. The molecule has 0 spiro atoms. The van der Waals surface area contributed by atoms with Crippen molar-refractivity contribution < 1.29 is 4.74 Å². The van der Waals surface area contributed by atoms with Crippen LogP contribution in [0.3, 0.4) is 0 Å². The Morgan fingerprint density at radius 1 is 1.38 bits per heavy atom. The molecule has 0 bridgehead atoms. The van der Waals surface area contributed by atoms with Crippen molar-refractivity contribution in [3.05, 3.63) is 30.1 Å². The zero-order valence-corrected chi connectivity index (χ0v) is 8.32. The number of hydrogen-bond donors (Lipinski definition) is 0. The van der Waals surface area contributed by atoms with E-state index in [0.29, 0.717) is 5.92 Å². The molecule has 2 nitrogen and oxygen atoms in total. The van der Waals surface area contributed by atoms with Gasteiger partial charge in [-0.3, -0.25) is 4.98 Å². The molecule has 0 fully saturated rings. The van der Waals surface area contributed by atoms with Gasteiger partial charge in [-0.2, -0.15) is 0 Å². The molecule has 2 heteroatoms. The lowest BCUT2D eigenvalue weighted by Crippen LogP contribution is -1.86. The fourth-order valence-electron chi connectivity index (χ4n) is 0.902. The largest absolute Gasteiger partial charge is 0.495 e. The van der Waals surface area contributed by atoms with Crippen molar-refractivity contribution >= 4 is 6.08 Å². The molecule has 0 amide bonds. The van der Waals surface area contributed by atoms with E-state index in [9.17, 15) is 0 Å². The van der Waals surface area contributed by atoms with Crippen molar-refractivity contribution in [2.45, 2.75) is 13.8 Å². The Bertz CT molecular complexity index is 275. The minimum Gasteiger partial charge on any atom is -0.495 e. The number of allylic oxidation sites excluding steroid dienone is 1. The van der Waals surface area contributed by atoms with Crippen molar-refractivity contribution in [1.29, 1.82) is 0 Å². The summed E-state index contributed by atoms with van der Waals surface area (Å²) in [4.78, 5) is 4.21. The second-order valence-corrected chi connectivity index (χ2v) is 3.23. The first-order valence-corrected chi connectivity index (χ1v) is 4.40. The van der Waals surface area contributed by atoms with Gasteiger partial charge in [-0.25, -0.2) is 0 Å². The summed E-state index contributed by atoms with van der Waals surface area (Å²) in [6, 6.07) is 3.85. The molecule has 0 radical (unpaired) electrons. The quantitative estimate of drug-likeness (QED) is 0.708. The lowest BCUT2D eigenvalue weighted by Gasteiger charge is -1.98. The maximum Gasteiger partial charge on any atom is 0.137 e. The minimum absolute atomic E-state index is 0.559. The summed E-state index contributed by atoms with van der Waals surface area (Å²) in [5, 5.41) is 0. The summed E-state index contributed by atoms with van der Waals surface area (Å²) in [5.41, 5.74) is 0.967. The molecule has 70 valence electrons. The molecule has 0 saturated carbocycles. The van der Waals surface area contributed by atoms with E-state index in [2.05, 4.69) is 24.9 Å².